The van der Waals surface area contributed by atoms with Gasteiger partial charge in [0.1, 0.15) is 12.8 Å². The molecule has 0 bridgehead atoms. The standard InChI is InChI=1S/C24H25ClNO7PS/c1-29-20-8-4-6-10-22(20)32-34(28,33-23-11-7-5-9-21(23)30-2)17-26(16-24(27)31-3)35-19-14-12-18(25)13-15-19/h4-15H,16-17H2,1-3H3. The number of nitrogens with zero attached hydrogens (tertiary/aromatic N) is 1. The van der Waals surface area contributed by atoms with E-state index < -0.39 is 13.6 Å². The summed E-state index contributed by atoms with van der Waals surface area (Å²) in [5, 5.41) is 0.568. The fourth-order valence-electron chi connectivity index (χ4n) is 2.92. The lowest BCUT2D eigenvalue weighted by atomic mass is 10.3. The van der Waals surface area contributed by atoms with Gasteiger partial charge in [0.25, 0.3) is 0 Å². The van der Waals surface area contributed by atoms with Crippen molar-refractivity contribution in [3.8, 4) is 23.0 Å². The molecular weight excluding hydrogens is 513 g/mol. The van der Waals surface area contributed by atoms with Crippen LogP contribution in [0.4, 0.5) is 0 Å². The molecule has 0 amide bonds. The summed E-state index contributed by atoms with van der Waals surface area (Å²) in [6.45, 7) is -0.182. The molecule has 11 heteroatoms. The molecule has 0 fully saturated rings. The third kappa shape index (κ3) is 7.83. The van der Waals surface area contributed by atoms with E-state index in [1.807, 2.05) is 0 Å². The number of rotatable bonds is 12. The van der Waals surface area contributed by atoms with Crippen molar-refractivity contribution in [2.75, 3.05) is 34.2 Å². The number of para-hydroxylation sites is 4. The highest BCUT2D eigenvalue weighted by molar-refractivity contribution is 7.97. The molecule has 0 saturated heterocycles. The molecule has 3 aromatic carbocycles. The number of carbonyl (C=O) groups is 1. The third-order valence-corrected chi connectivity index (χ3v) is 7.61. The van der Waals surface area contributed by atoms with Crippen LogP contribution in [0.1, 0.15) is 0 Å². The molecule has 0 atom stereocenters. The van der Waals surface area contributed by atoms with Crippen molar-refractivity contribution in [2.45, 2.75) is 4.90 Å². The van der Waals surface area contributed by atoms with Crippen LogP contribution in [0, 0.1) is 0 Å². The van der Waals surface area contributed by atoms with E-state index in [2.05, 4.69) is 0 Å². The highest BCUT2D eigenvalue weighted by Gasteiger charge is 2.35. The molecule has 0 spiro atoms. The first-order valence-corrected chi connectivity index (χ1v) is 13.2. The zero-order valence-corrected chi connectivity index (χ0v) is 21.8. The first-order valence-electron chi connectivity index (χ1n) is 10.4. The quantitative estimate of drug-likeness (QED) is 0.153. The molecule has 3 rings (SSSR count). The topological polar surface area (TPSA) is 83.5 Å². The number of hydrogen-bond donors (Lipinski definition) is 0. The van der Waals surface area contributed by atoms with Gasteiger partial charge in [0, 0.05) is 9.92 Å². The number of ether oxygens (including phenoxy) is 3. The van der Waals surface area contributed by atoms with Crippen LogP contribution >= 0.6 is 31.1 Å². The van der Waals surface area contributed by atoms with E-state index in [1.165, 1.54) is 33.3 Å². The first kappa shape index (κ1) is 26.8. The predicted molar refractivity (Wildman–Crippen MR) is 136 cm³/mol. The van der Waals surface area contributed by atoms with Gasteiger partial charge in [0.2, 0.25) is 0 Å². The highest BCUT2D eigenvalue weighted by Crippen LogP contribution is 2.53. The Labute approximate surface area is 213 Å². The fraction of sp³-hybridized carbons (Fsp3) is 0.208. The monoisotopic (exact) mass is 537 g/mol. The zero-order chi connectivity index (χ0) is 25.3. The van der Waals surface area contributed by atoms with Gasteiger partial charge in [-0.15, -0.1) is 0 Å². The summed E-state index contributed by atoms with van der Waals surface area (Å²) < 4.78 is 43.2. The van der Waals surface area contributed by atoms with Crippen LogP contribution in [-0.4, -0.2) is 44.4 Å². The highest BCUT2D eigenvalue weighted by atomic mass is 35.5. The molecule has 0 radical (unpaired) electrons. The van der Waals surface area contributed by atoms with Crippen LogP contribution in [0.3, 0.4) is 0 Å². The summed E-state index contributed by atoms with van der Waals surface area (Å²) >= 11 is 7.18. The SMILES string of the molecule is COC(=O)CN(CP(=O)(Oc1ccccc1OC)Oc1ccccc1OC)Sc1ccc(Cl)cc1. The minimum atomic E-state index is -4.00. The number of halogens is 1. The third-order valence-electron chi connectivity index (χ3n) is 4.53. The van der Waals surface area contributed by atoms with Gasteiger partial charge in [-0.2, -0.15) is 0 Å². The molecule has 8 nitrogen and oxygen atoms in total. The van der Waals surface area contributed by atoms with Crippen molar-refractivity contribution in [2.24, 2.45) is 0 Å². The molecule has 0 aliphatic heterocycles. The second kappa shape index (κ2) is 12.7. The molecule has 0 aromatic heterocycles. The maximum atomic E-state index is 14.2. The summed E-state index contributed by atoms with van der Waals surface area (Å²) in [5.41, 5.74) is 0. The van der Waals surface area contributed by atoms with Gasteiger partial charge in [0.05, 0.1) is 21.3 Å². The average Bonchev–Trinajstić information content (AvgIpc) is 2.85. The lowest BCUT2D eigenvalue weighted by molar-refractivity contribution is -0.140. The Balaban J connectivity index is 1.97. The van der Waals surface area contributed by atoms with Gasteiger partial charge < -0.3 is 23.3 Å². The number of benzene rings is 3. The lowest BCUT2D eigenvalue weighted by Crippen LogP contribution is -2.27. The van der Waals surface area contributed by atoms with Gasteiger partial charge >= 0.3 is 13.6 Å². The van der Waals surface area contributed by atoms with Crippen LogP contribution < -0.4 is 18.5 Å². The van der Waals surface area contributed by atoms with E-state index in [-0.39, 0.29) is 24.3 Å². The zero-order valence-electron chi connectivity index (χ0n) is 19.4. The molecule has 0 aliphatic rings. The Hall–Kier alpha value is -2.84. The largest absolute Gasteiger partial charge is 0.493 e. The van der Waals surface area contributed by atoms with Crippen molar-refractivity contribution in [3.63, 3.8) is 0 Å². The maximum absolute atomic E-state index is 14.2. The molecular formula is C24H25ClNO7PS. The van der Waals surface area contributed by atoms with Crippen molar-refractivity contribution < 1.29 is 32.6 Å². The van der Waals surface area contributed by atoms with Crippen LogP contribution in [0.2, 0.25) is 5.02 Å². The Morgan fingerprint density at radius 2 is 1.31 bits per heavy atom. The molecule has 0 N–H and O–H groups in total. The second-order valence-corrected chi connectivity index (χ2v) is 10.5. The molecule has 3 aromatic rings. The first-order chi connectivity index (χ1) is 16.9. The summed E-state index contributed by atoms with van der Waals surface area (Å²) in [7, 11) is 0.241. The van der Waals surface area contributed by atoms with E-state index >= 15 is 0 Å². The van der Waals surface area contributed by atoms with Gasteiger partial charge in [-0.3, -0.25) is 4.79 Å². The van der Waals surface area contributed by atoms with Crippen molar-refractivity contribution in [1.82, 2.24) is 4.31 Å². The van der Waals surface area contributed by atoms with E-state index in [4.69, 9.17) is 34.9 Å². The summed E-state index contributed by atoms with van der Waals surface area (Å²) in [6, 6.07) is 20.6. The lowest BCUT2D eigenvalue weighted by Gasteiger charge is -2.27. The van der Waals surface area contributed by atoms with E-state index in [1.54, 1.807) is 77.1 Å². The Bertz CT molecular complexity index is 1130. The number of methoxy groups -OCH3 is 3. The van der Waals surface area contributed by atoms with E-state index in [0.717, 1.165) is 4.90 Å². The normalized spacial score (nSPS) is 11.1. The summed E-state index contributed by atoms with van der Waals surface area (Å²) in [6.07, 6.45) is -0.272. The minimum Gasteiger partial charge on any atom is -0.493 e. The molecule has 0 heterocycles. The number of hydrogen-bond acceptors (Lipinski definition) is 9. The van der Waals surface area contributed by atoms with E-state index in [0.29, 0.717) is 16.5 Å². The van der Waals surface area contributed by atoms with Gasteiger partial charge in [-0.25, -0.2) is 8.87 Å². The molecule has 0 aliphatic carbocycles. The smallest absolute Gasteiger partial charge is 0.445 e. The van der Waals surface area contributed by atoms with Gasteiger partial charge in [0.15, 0.2) is 23.0 Å². The summed E-state index contributed by atoms with van der Waals surface area (Å²) in [5.74, 6) is 0.681. The molecule has 186 valence electrons. The van der Waals surface area contributed by atoms with Gasteiger partial charge in [-0.1, -0.05) is 35.9 Å². The number of esters is 1. The van der Waals surface area contributed by atoms with Gasteiger partial charge in [-0.05, 0) is 60.5 Å². The van der Waals surface area contributed by atoms with Crippen LogP contribution in [0.5, 0.6) is 23.0 Å². The summed E-state index contributed by atoms with van der Waals surface area (Å²) in [4.78, 5) is 12.9. The van der Waals surface area contributed by atoms with Crippen molar-refractivity contribution in [1.29, 1.82) is 0 Å². The van der Waals surface area contributed by atoms with Crippen LogP contribution in [0.25, 0.3) is 0 Å². The van der Waals surface area contributed by atoms with E-state index in [9.17, 15) is 9.36 Å². The molecule has 0 unspecified atom stereocenters. The van der Waals surface area contributed by atoms with Crippen molar-refractivity contribution >= 4 is 37.1 Å². The average molecular weight is 538 g/mol. The minimum absolute atomic E-state index is 0.182. The second-order valence-electron chi connectivity index (χ2n) is 7.00. The molecule has 0 saturated carbocycles. The van der Waals surface area contributed by atoms with Crippen molar-refractivity contribution in [3.05, 3.63) is 77.8 Å². The van der Waals surface area contributed by atoms with Crippen LogP contribution in [-0.2, 0) is 14.1 Å². The Morgan fingerprint density at radius 1 is 0.829 bits per heavy atom. The Kier molecular flexibility index (Phi) is 9.74. The molecule has 35 heavy (non-hydrogen) atoms. The van der Waals surface area contributed by atoms with Crippen LogP contribution in [0.15, 0.2) is 77.7 Å². The maximum Gasteiger partial charge on any atom is 0.445 e. The Morgan fingerprint density at radius 3 is 1.77 bits per heavy atom. The fourth-order valence-corrected chi connectivity index (χ4v) is 5.97. The number of carbonyl (C=O) groups excluding carboxylic acids is 1. The predicted octanol–water partition coefficient (Wildman–Crippen LogP) is 6.15.